The van der Waals surface area contributed by atoms with Gasteiger partial charge in [-0.3, -0.25) is 4.57 Å². The van der Waals surface area contributed by atoms with Crippen LogP contribution < -0.4 is 0 Å². The quantitative estimate of drug-likeness (QED) is 0.707. The van der Waals surface area contributed by atoms with Gasteiger partial charge in [-0.1, -0.05) is 0 Å². The molecule has 18 heavy (non-hydrogen) atoms. The van der Waals surface area contributed by atoms with E-state index in [1.807, 2.05) is 16.8 Å². The largest absolute Gasteiger partial charge is 0.329 e. The van der Waals surface area contributed by atoms with Gasteiger partial charge in [0.25, 0.3) is 0 Å². The fourth-order valence-electron chi connectivity index (χ4n) is 1.90. The zero-order valence-corrected chi connectivity index (χ0v) is 12.8. The third-order valence-corrected chi connectivity index (χ3v) is 5.10. The normalized spacial score (nSPS) is 11.2. The molecule has 0 amide bonds. The maximum Gasteiger partial charge on any atom is 0.179 e. The summed E-state index contributed by atoms with van der Waals surface area (Å²) >= 11 is 10.6. The summed E-state index contributed by atoms with van der Waals surface area (Å²) in [7, 11) is 0. The van der Waals surface area contributed by atoms with Crippen LogP contribution in [-0.4, -0.2) is 14.5 Å². The molecule has 0 atom stereocenters. The Hall–Kier alpha value is -0.980. The number of halogens is 1. The Morgan fingerprint density at radius 3 is 3.06 bits per heavy atom. The van der Waals surface area contributed by atoms with E-state index in [9.17, 15) is 0 Å². The van der Waals surface area contributed by atoms with Crippen LogP contribution in [0.25, 0.3) is 11.2 Å². The fourth-order valence-corrected chi connectivity index (χ4v) is 3.62. The molecule has 92 valence electrons. The number of nitrogens with zero attached hydrogens (tertiary/aromatic N) is 2. The van der Waals surface area contributed by atoms with Crippen molar-refractivity contribution in [3.05, 3.63) is 43.4 Å². The van der Waals surface area contributed by atoms with E-state index in [-0.39, 0.29) is 0 Å². The van der Waals surface area contributed by atoms with E-state index < -0.39 is 0 Å². The van der Waals surface area contributed by atoms with Crippen LogP contribution in [0.5, 0.6) is 0 Å². The van der Waals surface area contributed by atoms with Gasteiger partial charge in [0.05, 0.1) is 12.1 Å². The van der Waals surface area contributed by atoms with Crippen molar-refractivity contribution in [3.63, 3.8) is 0 Å². The predicted molar refractivity (Wildman–Crippen MR) is 80.8 cm³/mol. The summed E-state index contributed by atoms with van der Waals surface area (Å²) in [6.07, 6.45) is 1.82. The smallest absolute Gasteiger partial charge is 0.179 e. The number of rotatable bonds is 2. The molecule has 3 rings (SSSR count). The zero-order valence-electron chi connectivity index (χ0n) is 9.61. The number of aromatic amines is 1. The van der Waals surface area contributed by atoms with Crippen LogP contribution in [0, 0.1) is 11.7 Å². The van der Waals surface area contributed by atoms with Gasteiger partial charge in [0.2, 0.25) is 0 Å². The van der Waals surface area contributed by atoms with Crippen LogP contribution in [0.1, 0.15) is 10.4 Å². The molecule has 0 aliphatic carbocycles. The Labute approximate surface area is 122 Å². The molecule has 0 fully saturated rings. The summed E-state index contributed by atoms with van der Waals surface area (Å²) in [5, 5.41) is 2.07. The second-order valence-electron chi connectivity index (χ2n) is 4.03. The maximum atomic E-state index is 5.39. The second-order valence-corrected chi connectivity index (χ2v) is 6.28. The highest BCUT2D eigenvalue weighted by Gasteiger charge is 2.10. The van der Waals surface area contributed by atoms with E-state index in [0.29, 0.717) is 4.77 Å². The van der Waals surface area contributed by atoms with Crippen molar-refractivity contribution in [2.24, 2.45) is 0 Å². The van der Waals surface area contributed by atoms with Crippen LogP contribution in [0.2, 0.25) is 0 Å². The van der Waals surface area contributed by atoms with Gasteiger partial charge in [-0.15, -0.1) is 11.3 Å². The van der Waals surface area contributed by atoms with E-state index in [1.54, 1.807) is 11.3 Å². The van der Waals surface area contributed by atoms with Gasteiger partial charge < -0.3 is 4.98 Å². The molecular formula is C12H10BrN3S2. The lowest BCUT2D eigenvalue weighted by atomic mass is 10.3. The molecule has 3 heterocycles. The lowest BCUT2D eigenvalue weighted by Gasteiger charge is -2.02. The summed E-state index contributed by atoms with van der Waals surface area (Å²) in [5.74, 6) is 0. The van der Waals surface area contributed by atoms with Crippen molar-refractivity contribution in [2.75, 3.05) is 0 Å². The minimum Gasteiger partial charge on any atom is -0.329 e. The molecule has 6 heteroatoms. The number of thiophene rings is 1. The van der Waals surface area contributed by atoms with Crippen molar-refractivity contribution in [1.82, 2.24) is 14.5 Å². The van der Waals surface area contributed by atoms with Gasteiger partial charge in [-0.05, 0) is 58.1 Å². The number of H-pyrrole nitrogens is 1. The van der Waals surface area contributed by atoms with Crippen LogP contribution in [0.15, 0.2) is 28.2 Å². The first-order valence-corrected chi connectivity index (χ1v) is 7.51. The average molecular weight is 340 g/mol. The standard InChI is InChI=1S/C12H10BrN3S2/c1-7-2-4-14-11-10(7)15-12(17)16(11)6-9-8(13)3-5-18-9/h2-5H,6H2,1H3,(H,15,17). The molecule has 0 saturated heterocycles. The van der Waals surface area contributed by atoms with Gasteiger partial charge in [0.15, 0.2) is 10.4 Å². The number of aryl methyl sites for hydroxylation is 1. The number of fused-ring (bicyclic) bond motifs is 1. The summed E-state index contributed by atoms with van der Waals surface area (Å²) in [5.41, 5.74) is 3.10. The summed E-state index contributed by atoms with van der Waals surface area (Å²) in [6, 6.07) is 4.04. The number of pyridine rings is 1. The van der Waals surface area contributed by atoms with E-state index in [2.05, 4.69) is 44.3 Å². The molecule has 3 nitrogen and oxygen atoms in total. The van der Waals surface area contributed by atoms with E-state index >= 15 is 0 Å². The Bertz CT molecular complexity index is 769. The Balaban J connectivity index is 2.18. The number of hydrogen-bond donors (Lipinski definition) is 1. The molecule has 3 aromatic rings. The molecule has 1 N–H and O–H groups in total. The van der Waals surface area contributed by atoms with E-state index in [1.165, 1.54) is 4.88 Å². The van der Waals surface area contributed by atoms with Crippen LogP contribution in [-0.2, 0) is 6.54 Å². The van der Waals surface area contributed by atoms with Crippen molar-refractivity contribution >= 4 is 50.6 Å². The number of aromatic nitrogens is 3. The molecular weight excluding hydrogens is 330 g/mol. The molecule has 0 bridgehead atoms. The highest BCUT2D eigenvalue weighted by atomic mass is 79.9. The molecule has 0 spiro atoms. The van der Waals surface area contributed by atoms with Crippen molar-refractivity contribution in [2.45, 2.75) is 13.5 Å². The first-order valence-electron chi connectivity index (χ1n) is 5.43. The minimum atomic E-state index is 0.715. The molecule has 0 aromatic carbocycles. The molecule has 0 aliphatic heterocycles. The van der Waals surface area contributed by atoms with Gasteiger partial charge in [-0.2, -0.15) is 0 Å². The highest BCUT2D eigenvalue weighted by molar-refractivity contribution is 9.10. The lowest BCUT2D eigenvalue weighted by Crippen LogP contribution is -1.99. The predicted octanol–water partition coefficient (Wildman–Crippen LogP) is 4.27. The van der Waals surface area contributed by atoms with Crippen LogP contribution >= 0.6 is 39.5 Å². The summed E-state index contributed by atoms with van der Waals surface area (Å²) in [4.78, 5) is 8.90. The van der Waals surface area contributed by atoms with Crippen LogP contribution in [0.3, 0.4) is 0 Å². The van der Waals surface area contributed by atoms with Crippen molar-refractivity contribution in [3.8, 4) is 0 Å². The summed E-state index contributed by atoms with van der Waals surface area (Å²) in [6.45, 7) is 2.80. The number of hydrogen-bond acceptors (Lipinski definition) is 3. The number of nitrogens with one attached hydrogen (secondary N) is 1. The van der Waals surface area contributed by atoms with Gasteiger partial charge in [0, 0.05) is 15.5 Å². The summed E-state index contributed by atoms with van der Waals surface area (Å²) < 4.78 is 3.87. The van der Waals surface area contributed by atoms with E-state index in [4.69, 9.17) is 12.2 Å². The van der Waals surface area contributed by atoms with Gasteiger partial charge in [-0.25, -0.2) is 4.98 Å². The Morgan fingerprint density at radius 1 is 1.50 bits per heavy atom. The molecule has 0 saturated carbocycles. The minimum absolute atomic E-state index is 0.715. The number of imidazole rings is 1. The Kier molecular flexibility index (Phi) is 3.09. The first kappa shape index (κ1) is 12.1. The SMILES string of the molecule is Cc1ccnc2c1[nH]c(=S)n2Cc1sccc1Br. The topological polar surface area (TPSA) is 33.6 Å². The third-order valence-electron chi connectivity index (χ3n) is 2.86. The van der Waals surface area contributed by atoms with E-state index in [0.717, 1.165) is 27.7 Å². The molecule has 0 aliphatic rings. The van der Waals surface area contributed by atoms with Crippen molar-refractivity contribution in [1.29, 1.82) is 0 Å². The average Bonchev–Trinajstić information content (AvgIpc) is 2.87. The van der Waals surface area contributed by atoms with Crippen LogP contribution in [0.4, 0.5) is 0 Å². The first-order chi connectivity index (χ1) is 8.66. The molecule has 0 radical (unpaired) electrons. The highest BCUT2D eigenvalue weighted by Crippen LogP contribution is 2.25. The second kappa shape index (κ2) is 4.60. The lowest BCUT2D eigenvalue weighted by molar-refractivity contribution is 0.810. The monoisotopic (exact) mass is 339 g/mol. The zero-order chi connectivity index (χ0) is 12.7. The maximum absolute atomic E-state index is 5.39. The van der Waals surface area contributed by atoms with Crippen molar-refractivity contribution < 1.29 is 0 Å². The third kappa shape index (κ3) is 1.94. The van der Waals surface area contributed by atoms with Gasteiger partial charge in [0.1, 0.15) is 0 Å². The molecule has 3 aromatic heterocycles. The molecule has 0 unspecified atom stereocenters. The fraction of sp³-hybridized carbons (Fsp3) is 0.167. The Morgan fingerprint density at radius 2 is 2.33 bits per heavy atom. The van der Waals surface area contributed by atoms with Gasteiger partial charge >= 0.3 is 0 Å².